The zero-order valence-electron chi connectivity index (χ0n) is 9.05. The minimum atomic E-state index is -1.11. The fraction of sp³-hybridized carbons (Fsp3) is 0.600. The topological polar surface area (TPSA) is 75.8 Å². The van der Waals surface area contributed by atoms with Crippen molar-refractivity contribution >= 4 is 5.97 Å². The van der Waals surface area contributed by atoms with Crippen molar-refractivity contribution in [1.29, 1.82) is 0 Å². The Labute approximate surface area is 92.8 Å². The molecule has 0 aromatic carbocycles. The number of aromatic carboxylic acids is 1. The van der Waals surface area contributed by atoms with Crippen LogP contribution >= 0.6 is 0 Å². The minimum absolute atomic E-state index is 0.0481. The molecule has 0 bridgehead atoms. The lowest BCUT2D eigenvalue weighted by molar-refractivity contribution is 0.0687. The molecule has 0 aliphatic carbocycles. The van der Waals surface area contributed by atoms with E-state index in [4.69, 9.17) is 14.3 Å². The molecular formula is C10H14N2O4. The van der Waals surface area contributed by atoms with Crippen LogP contribution in [0.15, 0.2) is 10.7 Å². The monoisotopic (exact) mass is 226 g/mol. The Morgan fingerprint density at radius 3 is 2.88 bits per heavy atom. The highest BCUT2D eigenvalue weighted by molar-refractivity contribution is 5.84. The average molecular weight is 226 g/mol. The number of carbonyl (C=O) groups is 1. The van der Waals surface area contributed by atoms with Gasteiger partial charge in [0.15, 0.2) is 5.69 Å². The second-order valence-electron chi connectivity index (χ2n) is 3.92. The van der Waals surface area contributed by atoms with Crippen LogP contribution in [0.3, 0.4) is 0 Å². The van der Waals surface area contributed by atoms with Crippen LogP contribution in [0.1, 0.15) is 23.3 Å². The summed E-state index contributed by atoms with van der Waals surface area (Å²) in [5.74, 6) is -1.11. The molecule has 0 atom stereocenters. The van der Waals surface area contributed by atoms with Crippen molar-refractivity contribution in [3.05, 3.63) is 12.0 Å². The predicted octanol–water partition coefficient (Wildman–Crippen LogP) is 0.846. The van der Waals surface area contributed by atoms with Crippen molar-refractivity contribution in [2.75, 3.05) is 20.1 Å². The third-order valence-electron chi connectivity index (χ3n) is 2.64. The van der Waals surface area contributed by atoms with E-state index in [0.29, 0.717) is 0 Å². The van der Waals surface area contributed by atoms with Gasteiger partial charge in [-0.1, -0.05) is 0 Å². The smallest absolute Gasteiger partial charge is 0.394 e. The Kier molecular flexibility index (Phi) is 3.09. The van der Waals surface area contributed by atoms with Crippen LogP contribution in [0, 0.1) is 0 Å². The maximum absolute atomic E-state index is 10.6. The first-order valence-electron chi connectivity index (χ1n) is 5.19. The maximum atomic E-state index is 10.6. The Morgan fingerprint density at radius 2 is 2.31 bits per heavy atom. The van der Waals surface area contributed by atoms with Gasteiger partial charge in [-0.2, -0.15) is 4.98 Å². The van der Waals surface area contributed by atoms with Crippen LogP contribution < -0.4 is 4.74 Å². The number of rotatable bonds is 3. The van der Waals surface area contributed by atoms with Gasteiger partial charge in [0.05, 0.1) is 0 Å². The minimum Gasteiger partial charge on any atom is -0.476 e. The molecule has 1 saturated heterocycles. The van der Waals surface area contributed by atoms with Crippen LogP contribution in [-0.2, 0) is 0 Å². The van der Waals surface area contributed by atoms with E-state index in [-0.39, 0.29) is 17.9 Å². The maximum Gasteiger partial charge on any atom is 0.394 e. The highest BCUT2D eigenvalue weighted by Gasteiger charge is 2.20. The molecular weight excluding hydrogens is 212 g/mol. The highest BCUT2D eigenvalue weighted by Crippen LogP contribution is 2.17. The first-order valence-corrected chi connectivity index (χ1v) is 5.19. The van der Waals surface area contributed by atoms with Gasteiger partial charge in [-0.25, -0.2) is 4.79 Å². The van der Waals surface area contributed by atoms with E-state index in [1.807, 2.05) is 0 Å². The van der Waals surface area contributed by atoms with E-state index in [2.05, 4.69) is 16.9 Å². The van der Waals surface area contributed by atoms with Crippen LogP contribution in [0.5, 0.6) is 6.08 Å². The summed E-state index contributed by atoms with van der Waals surface area (Å²) in [5, 5.41) is 8.65. The number of nitrogens with zero attached hydrogens (tertiary/aromatic N) is 2. The molecule has 1 aromatic rings. The molecule has 6 nitrogen and oxygen atoms in total. The fourth-order valence-electron chi connectivity index (χ4n) is 1.65. The lowest BCUT2D eigenvalue weighted by Gasteiger charge is -2.27. The summed E-state index contributed by atoms with van der Waals surface area (Å²) in [5.41, 5.74) is -0.122. The van der Waals surface area contributed by atoms with Gasteiger partial charge in [0.2, 0.25) is 0 Å². The third-order valence-corrected chi connectivity index (χ3v) is 2.64. The van der Waals surface area contributed by atoms with E-state index in [9.17, 15) is 4.79 Å². The quantitative estimate of drug-likeness (QED) is 0.823. The van der Waals surface area contributed by atoms with Gasteiger partial charge < -0.3 is 19.2 Å². The normalized spacial score (nSPS) is 18.6. The molecule has 2 rings (SSSR count). The molecule has 6 heteroatoms. The number of piperidine rings is 1. The van der Waals surface area contributed by atoms with Crippen molar-refractivity contribution < 1.29 is 19.1 Å². The van der Waals surface area contributed by atoms with Crippen LogP contribution in [0.4, 0.5) is 0 Å². The average Bonchev–Trinajstić information content (AvgIpc) is 2.70. The molecule has 0 saturated carbocycles. The number of hydrogen-bond donors (Lipinski definition) is 1. The van der Waals surface area contributed by atoms with Crippen molar-refractivity contribution in [3.8, 4) is 6.08 Å². The number of carboxylic acid groups (broad SMARTS) is 1. The van der Waals surface area contributed by atoms with Gasteiger partial charge in [-0.05, 0) is 19.9 Å². The largest absolute Gasteiger partial charge is 0.476 e. The van der Waals surface area contributed by atoms with Crippen molar-refractivity contribution in [3.63, 3.8) is 0 Å². The summed E-state index contributed by atoms with van der Waals surface area (Å²) in [6.45, 7) is 1.94. The van der Waals surface area contributed by atoms with E-state index >= 15 is 0 Å². The fourth-order valence-corrected chi connectivity index (χ4v) is 1.65. The molecule has 1 aliphatic rings. The van der Waals surface area contributed by atoms with Gasteiger partial charge in [0.1, 0.15) is 12.4 Å². The Hall–Kier alpha value is -1.56. The Bertz CT molecular complexity index is 369. The number of hydrogen-bond acceptors (Lipinski definition) is 5. The summed E-state index contributed by atoms with van der Waals surface area (Å²) in [6.07, 6.45) is 3.01. The van der Waals surface area contributed by atoms with E-state index in [0.717, 1.165) is 32.2 Å². The van der Waals surface area contributed by atoms with Crippen LogP contribution in [0.25, 0.3) is 0 Å². The van der Waals surface area contributed by atoms with Crippen LogP contribution in [0.2, 0.25) is 0 Å². The number of oxazole rings is 1. The third kappa shape index (κ3) is 2.52. The zero-order chi connectivity index (χ0) is 11.5. The number of aromatic nitrogens is 1. The van der Waals surface area contributed by atoms with Crippen LogP contribution in [-0.4, -0.2) is 47.2 Å². The lowest BCUT2D eigenvalue weighted by Crippen LogP contribution is -2.35. The first kappa shape index (κ1) is 10.9. The molecule has 1 fully saturated rings. The molecule has 1 N–H and O–H groups in total. The van der Waals surface area contributed by atoms with E-state index in [1.54, 1.807) is 0 Å². The van der Waals surface area contributed by atoms with Gasteiger partial charge in [0, 0.05) is 13.1 Å². The predicted molar refractivity (Wildman–Crippen MR) is 54.6 cm³/mol. The lowest BCUT2D eigenvalue weighted by atomic mass is 10.1. The summed E-state index contributed by atoms with van der Waals surface area (Å²) >= 11 is 0. The number of likely N-dealkylation sites (tertiary alicyclic amines) is 1. The molecule has 1 aliphatic heterocycles. The highest BCUT2D eigenvalue weighted by atomic mass is 16.6. The Morgan fingerprint density at radius 1 is 1.62 bits per heavy atom. The van der Waals surface area contributed by atoms with Gasteiger partial charge >= 0.3 is 12.0 Å². The second-order valence-corrected chi connectivity index (χ2v) is 3.92. The second kappa shape index (κ2) is 4.52. The van der Waals surface area contributed by atoms with E-state index < -0.39 is 5.97 Å². The first-order chi connectivity index (χ1) is 7.65. The molecule has 0 radical (unpaired) electrons. The van der Waals surface area contributed by atoms with Gasteiger partial charge in [0.25, 0.3) is 0 Å². The molecule has 0 unspecified atom stereocenters. The zero-order valence-corrected chi connectivity index (χ0v) is 9.05. The summed E-state index contributed by atoms with van der Waals surface area (Å²) < 4.78 is 10.4. The van der Waals surface area contributed by atoms with Crippen molar-refractivity contribution in [2.24, 2.45) is 0 Å². The van der Waals surface area contributed by atoms with Crippen molar-refractivity contribution in [2.45, 2.75) is 18.9 Å². The molecule has 1 aromatic heterocycles. The standard InChI is InChI=1S/C10H14N2O4/c1-12-4-2-7(3-5-12)16-10-11-8(6-15-10)9(13)14/h6-7H,2-5H2,1H3,(H,13,14). The molecule has 2 heterocycles. The molecule has 88 valence electrons. The molecule has 0 spiro atoms. The Balaban J connectivity index is 1.91. The molecule has 0 amide bonds. The number of carboxylic acids is 1. The van der Waals surface area contributed by atoms with Gasteiger partial charge in [-0.15, -0.1) is 0 Å². The van der Waals surface area contributed by atoms with Gasteiger partial charge in [-0.3, -0.25) is 0 Å². The SMILES string of the molecule is CN1CCC(Oc2nc(C(=O)O)co2)CC1. The summed E-state index contributed by atoms with van der Waals surface area (Å²) in [7, 11) is 2.06. The molecule has 16 heavy (non-hydrogen) atoms. The van der Waals surface area contributed by atoms with E-state index in [1.165, 1.54) is 0 Å². The number of ether oxygens (including phenoxy) is 1. The van der Waals surface area contributed by atoms with Crippen molar-refractivity contribution in [1.82, 2.24) is 9.88 Å². The summed E-state index contributed by atoms with van der Waals surface area (Å²) in [6, 6.07) is 0. The summed E-state index contributed by atoms with van der Waals surface area (Å²) in [4.78, 5) is 16.5.